The highest BCUT2D eigenvalue weighted by molar-refractivity contribution is 7.90. The Morgan fingerprint density at radius 2 is 1.74 bits per heavy atom. The van der Waals surface area contributed by atoms with Gasteiger partial charge in [-0.1, -0.05) is 74.0 Å². The Labute approximate surface area is 202 Å². The second kappa shape index (κ2) is 11.3. The summed E-state index contributed by atoms with van der Waals surface area (Å²) in [6.07, 6.45) is 1.58. The zero-order valence-electron chi connectivity index (χ0n) is 20.4. The molecule has 3 aromatic rings. The number of carbonyl (C=O) groups is 1. The molecule has 2 aromatic carbocycles. The van der Waals surface area contributed by atoms with Crippen LogP contribution in [0, 0.1) is 12.8 Å². The first-order valence-corrected chi connectivity index (χ1v) is 13.2. The van der Waals surface area contributed by atoms with Crippen molar-refractivity contribution in [3.63, 3.8) is 0 Å². The Kier molecular flexibility index (Phi) is 8.50. The minimum absolute atomic E-state index is 0.0207. The smallest absolute Gasteiger partial charge is 0.317 e. The van der Waals surface area contributed by atoms with Crippen molar-refractivity contribution in [3.8, 4) is 0 Å². The average Bonchev–Trinajstić information content (AvgIpc) is 3.18. The van der Waals surface area contributed by atoms with E-state index < -0.39 is 9.84 Å². The lowest BCUT2D eigenvalue weighted by Crippen LogP contribution is -2.41. The van der Waals surface area contributed by atoms with E-state index in [1.807, 2.05) is 82.3 Å². The molecule has 1 N–H and O–H groups in total. The standard InChI is InChI=1S/C26H34N4O3S/c1-5-27-25(31)29(16-20(2)3)18-24-15-28-26(30(24)17-22-9-7-6-8-10-22)34(32,33)19-23-13-11-21(4)12-14-23/h6-15,20H,5,16-19H2,1-4H3,(H,27,31). The highest BCUT2D eigenvalue weighted by Gasteiger charge is 2.26. The van der Waals surface area contributed by atoms with E-state index in [0.717, 1.165) is 11.1 Å². The fraction of sp³-hybridized carbons (Fsp3) is 0.385. The molecule has 0 bridgehead atoms. The third-order valence-corrected chi connectivity index (χ3v) is 6.99. The number of rotatable bonds is 10. The van der Waals surface area contributed by atoms with Crippen LogP contribution >= 0.6 is 0 Å². The lowest BCUT2D eigenvalue weighted by atomic mass is 10.2. The zero-order valence-corrected chi connectivity index (χ0v) is 21.2. The van der Waals surface area contributed by atoms with Gasteiger partial charge in [-0.25, -0.2) is 18.2 Å². The molecule has 34 heavy (non-hydrogen) atoms. The lowest BCUT2D eigenvalue weighted by Gasteiger charge is -2.25. The second-order valence-corrected chi connectivity index (χ2v) is 10.8. The van der Waals surface area contributed by atoms with E-state index in [1.54, 1.807) is 15.7 Å². The van der Waals surface area contributed by atoms with Gasteiger partial charge in [0.25, 0.3) is 0 Å². The molecule has 0 fully saturated rings. The van der Waals surface area contributed by atoms with Gasteiger partial charge >= 0.3 is 6.03 Å². The molecule has 1 aromatic heterocycles. The van der Waals surface area contributed by atoms with Crippen LogP contribution < -0.4 is 5.32 Å². The fourth-order valence-corrected chi connectivity index (χ4v) is 5.28. The monoisotopic (exact) mass is 482 g/mol. The summed E-state index contributed by atoms with van der Waals surface area (Å²) in [6, 6.07) is 17.0. The number of carbonyl (C=O) groups excluding carboxylic acids is 1. The number of hydrogen-bond acceptors (Lipinski definition) is 4. The third-order valence-electron chi connectivity index (χ3n) is 5.39. The van der Waals surface area contributed by atoms with E-state index in [2.05, 4.69) is 10.3 Å². The van der Waals surface area contributed by atoms with E-state index in [4.69, 9.17) is 0 Å². The van der Waals surface area contributed by atoms with Crippen LogP contribution in [0.3, 0.4) is 0 Å². The predicted molar refractivity (Wildman–Crippen MR) is 134 cm³/mol. The number of aromatic nitrogens is 2. The van der Waals surface area contributed by atoms with Crippen LogP contribution in [-0.2, 0) is 28.7 Å². The minimum Gasteiger partial charge on any atom is -0.338 e. The zero-order chi connectivity index (χ0) is 24.7. The van der Waals surface area contributed by atoms with Crippen LogP contribution in [0.25, 0.3) is 0 Å². The molecule has 0 saturated carbocycles. The molecule has 7 nitrogen and oxygen atoms in total. The Balaban J connectivity index is 1.99. The van der Waals surface area contributed by atoms with Gasteiger partial charge in [-0.2, -0.15) is 0 Å². The van der Waals surface area contributed by atoms with Crippen LogP contribution in [0.15, 0.2) is 66.0 Å². The summed E-state index contributed by atoms with van der Waals surface area (Å²) in [6.45, 7) is 9.62. The third kappa shape index (κ3) is 6.70. The van der Waals surface area contributed by atoms with Crippen molar-refractivity contribution in [2.45, 2.75) is 51.7 Å². The Hall–Kier alpha value is -3.13. The molecule has 0 spiro atoms. The van der Waals surface area contributed by atoms with Gasteiger partial charge in [-0.3, -0.25) is 0 Å². The molecule has 3 rings (SSSR count). The molecule has 0 unspecified atom stereocenters. The Bertz CT molecular complexity index is 1190. The molecule has 0 aliphatic heterocycles. The molecule has 0 radical (unpaired) electrons. The quantitative estimate of drug-likeness (QED) is 0.464. The SMILES string of the molecule is CCNC(=O)N(Cc1cnc(S(=O)(=O)Cc2ccc(C)cc2)n1Cc1ccccc1)CC(C)C. The maximum absolute atomic E-state index is 13.4. The van der Waals surface area contributed by atoms with Gasteiger partial charge in [-0.15, -0.1) is 0 Å². The van der Waals surface area contributed by atoms with Crippen molar-refractivity contribution in [2.24, 2.45) is 5.92 Å². The van der Waals surface area contributed by atoms with Crippen LogP contribution in [0.4, 0.5) is 4.79 Å². The van der Waals surface area contributed by atoms with E-state index >= 15 is 0 Å². The normalized spacial score (nSPS) is 11.6. The van der Waals surface area contributed by atoms with Gasteiger partial charge in [0.05, 0.1) is 30.7 Å². The number of benzene rings is 2. The van der Waals surface area contributed by atoms with Crippen molar-refractivity contribution in [3.05, 3.63) is 83.2 Å². The van der Waals surface area contributed by atoms with E-state index in [-0.39, 0.29) is 29.4 Å². The number of nitrogens with zero attached hydrogens (tertiary/aromatic N) is 3. The number of nitrogens with one attached hydrogen (secondary N) is 1. The Morgan fingerprint density at radius 1 is 1.06 bits per heavy atom. The van der Waals surface area contributed by atoms with E-state index in [0.29, 0.717) is 30.9 Å². The number of hydrogen-bond donors (Lipinski definition) is 1. The summed E-state index contributed by atoms with van der Waals surface area (Å²) >= 11 is 0. The highest BCUT2D eigenvalue weighted by Crippen LogP contribution is 2.21. The average molecular weight is 483 g/mol. The van der Waals surface area contributed by atoms with Gasteiger partial charge in [0.1, 0.15) is 0 Å². The summed E-state index contributed by atoms with van der Waals surface area (Å²) in [5, 5.41) is 2.87. The first-order valence-electron chi connectivity index (χ1n) is 11.6. The molecular weight excluding hydrogens is 448 g/mol. The molecule has 2 amide bonds. The minimum atomic E-state index is -3.71. The van der Waals surface area contributed by atoms with Gasteiger partial charge in [-0.05, 0) is 30.9 Å². The highest BCUT2D eigenvalue weighted by atomic mass is 32.2. The van der Waals surface area contributed by atoms with Crippen LogP contribution in [0.5, 0.6) is 0 Å². The van der Waals surface area contributed by atoms with Crippen molar-refractivity contribution in [1.29, 1.82) is 0 Å². The molecule has 0 saturated heterocycles. The van der Waals surface area contributed by atoms with E-state index in [1.165, 1.54) is 0 Å². The summed E-state index contributed by atoms with van der Waals surface area (Å²) in [5.74, 6) is 0.128. The summed E-state index contributed by atoms with van der Waals surface area (Å²) in [5.41, 5.74) is 3.43. The molecule has 0 atom stereocenters. The van der Waals surface area contributed by atoms with Gasteiger partial charge in [0.15, 0.2) is 0 Å². The molecular formula is C26H34N4O3S. The Morgan fingerprint density at radius 3 is 2.35 bits per heavy atom. The topological polar surface area (TPSA) is 84.3 Å². The number of amides is 2. The van der Waals surface area contributed by atoms with Crippen molar-refractivity contribution < 1.29 is 13.2 Å². The van der Waals surface area contributed by atoms with Crippen LogP contribution in [0.2, 0.25) is 0 Å². The molecule has 8 heteroatoms. The fourth-order valence-electron chi connectivity index (χ4n) is 3.79. The van der Waals surface area contributed by atoms with Crippen molar-refractivity contribution in [1.82, 2.24) is 19.8 Å². The van der Waals surface area contributed by atoms with Gasteiger partial charge in [0.2, 0.25) is 15.0 Å². The first-order chi connectivity index (χ1) is 16.2. The summed E-state index contributed by atoms with van der Waals surface area (Å²) in [4.78, 5) is 18.8. The first kappa shape index (κ1) is 25.5. The van der Waals surface area contributed by atoms with Gasteiger partial charge in [0, 0.05) is 13.1 Å². The molecule has 1 heterocycles. The lowest BCUT2D eigenvalue weighted by molar-refractivity contribution is 0.187. The predicted octanol–water partition coefficient (Wildman–Crippen LogP) is 4.40. The van der Waals surface area contributed by atoms with Crippen molar-refractivity contribution in [2.75, 3.05) is 13.1 Å². The van der Waals surface area contributed by atoms with Crippen molar-refractivity contribution >= 4 is 15.9 Å². The number of urea groups is 1. The van der Waals surface area contributed by atoms with Crippen LogP contribution in [-0.4, -0.2) is 42.0 Å². The van der Waals surface area contributed by atoms with Crippen LogP contribution in [0.1, 0.15) is 43.2 Å². The largest absolute Gasteiger partial charge is 0.338 e. The molecule has 0 aliphatic carbocycles. The van der Waals surface area contributed by atoms with Gasteiger partial charge < -0.3 is 14.8 Å². The number of imidazole rings is 1. The summed E-state index contributed by atoms with van der Waals surface area (Å²) in [7, 11) is -3.71. The summed E-state index contributed by atoms with van der Waals surface area (Å²) < 4.78 is 28.6. The number of sulfone groups is 1. The molecule has 0 aliphatic rings. The maximum atomic E-state index is 13.4. The number of aryl methyl sites for hydroxylation is 1. The van der Waals surface area contributed by atoms with E-state index in [9.17, 15) is 13.2 Å². The molecule has 182 valence electrons. The second-order valence-electron chi connectivity index (χ2n) is 8.96. The maximum Gasteiger partial charge on any atom is 0.317 e.